The van der Waals surface area contributed by atoms with Gasteiger partial charge in [0.05, 0.1) is 6.04 Å². The van der Waals surface area contributed by atoms with Crippen LogP contribution in [0.1, 0.15) is 30.7 Å². The predicted octanol–water partition coefficient (Wildman–Crippen LogP) is 1.97. The van der Waals surface area contributed by atoms with E-state index in [1.54, 1.807) is 11.3 Å². The van der Waals surface area contributed by atoms with Gasteiger partial charge in [-0.3, -0.25) is 9.59 Å². The topological polar surface area (TPSA) is 46.6 Å². The molecule has 0 saturated carbocycles. The molecular formula is C12H15NO3S. The van der Waals surface area contributed by atoms with Gasteiger partial charge in [-0.1, -0.05) is 6.07 Å². The third-order valence-corrected chi connectivity index (χ3v) is 3.82. The molecule has 2 heterocycles. The molecule has 0 spiro atoms. The Bertz CT molecular complexity index is 402. The molecule has 5 heteroatoms. The van der Waals surface area contributed by atoms with Crippen molar-refractivity contribution < 1.29 is 14.3 Å². The summed E-state index contributed by atoms with van der Waals surface area (Å²) in [6.45, 7) is 1.92. The predicted molar refractivity (Wildman–Crippen MR) is 64.6 cm³/mol. The van der Waals surface area contributed by atoms with Gasteiger partial charge in [-0.15, -0.1) is 11.3 Å². The van der Waals surface area contributed by atoms with Gasteiger partial charge in [-0.05, 0) is 24.3 Å². The molecule has 1 fully saturated rings. The number of rotatable bonds is 3. The van der Waals surface area contributed by atoms with E-state index in [1.165, 1.54) is 11.8 Å². The first kappa shape index (κ1) is 12.1. The van der Waals surface area contributed by atoms with E-state index < -0.39 is 5.97 Å². The molecule has 0 aliphatic carbocycles. The van der Waals surface area contributed by atoms with Crippen LogP contribution in [0.25, 0.3) is 0 Å². The third kappa shape index (κ3) is 2.85. The zero-order chi connectivity index (χ0) is 12.3. The summed E-state index contributed by atoms with van der Waals surface area (Å²) in [5.74, 6) is -0.513. The lowest BCUT2D eigenvalue weighted by atomic mass is 10.2. The molecule has 92 valence electrons. The second-order valence-corrected chi connectivity index (χ2v) is 5.02. The van der Waals surface area contributed by atoms with E-state index in [0.717, 1.165) is 19.4 Å². The Labute approximate surface area is 104 Å². The standard InChI is InChI=1S/C12H15NO3S/c1-9(14)16-8-12(15)13-6-2-4-10(13)11-5-3-7-17-11/h3,5,7,10H,2,4,6,8H2,1H3. The normalized spacial score (nSPS) is 19.4. The fraction of sp³-hybridized carbons (Fsp3) is 0.500. The molecule has 1 aromatic heterocycles. The van der Waals surface area contributed by atoms with Crippen LogP contribution in [-0.4, -0.2) is 29.9 Å². The van der Waals surface area contributed by atoms with Gasteiger partial charge in [-0.25, -0.2) is 0 Å². The minimum Gasteiger partial charge on any atom is -0.456 e. The maximum Gasteiger partial charge on any atom is 0.303 e. The molecule has 1 unspecified atom stereocenters. The molecule has 1 saturated heterocycles. The first-order chi connectivity index (χ1) is 8.18. The highest BCUT2D eigenvalue weighted by molar-refractivity contribution is 7.10. The van der Waals surface area contributed by atoms with E-state index in [0.29, 0.717) is 0 Å². The molecule has 1 amide bonds. The van der Waals surface area contributed by atoms with E-state index in [2.05, 4.69) is 0 Å². The summed E-state index contributed by atoms with van der Waals surface area (Å²) < 4.78 is 4.76. The summed E-state index contributed by atoms with van der Waals surface area (Å²) in [5, 5.41) is 2.02. The van der Waals surface area contributed by atoms with Crippen molar-refractivity contribution in [3.63, 3.8) is 0 Å². The van der Waals surface area contributed by atoms with Crippen LogP contribution < -0.4 is 0 Å². The van der Waals surface area contributed by atoms with E-state index in [4.69, 9.17) is 4.74 Å². The summed E-state index contributed by atoms with van der Waals surface area (Å²) in [6, 6.07) is 4.21. The van der Waals surface area contributed by atoms with Crippen LogP contribution in [0.5, 0.6) is 0 Å². The summed E-state index contributed by atoms with van der Waals surface area (Å²) >= 11 is 1.66. The van der Waals surface area contributed by atoms with Crippen LogP contribution in [0.2, 0.25) is 0 Å². The number of carbonyl (C=O) groups is 2. The summed E-state index contributed by atoms with van der Waals surface area (Å²) in [6.07, 6.45) is 2.00. The highest BCUT2D eigenvalue weighted by Crippen LogP contribution is 2.34. The molecular weight excluding hydrogens is 238 g/mol. The van der Waals surface area contributed by atoms with E-state index in [9.17, 15) is 9.59 Å². The first-order valence-corrected chi connectivity index (χ1v) is 6.52. The lowest BCUT2D eigenvalue weighted by Crippen LogP contribution is -2.33. The Balaban J connectivity index is 1.99. The second kappa shape index (κ2) is 5.31. The molecule has 1 aliphatic heterocycles. The second-order valence-electron chi connectivity index (χ2n) is 4.04. The van der Waals surface area contributed by atoms with Gasteiger partial charge in [0.1, 0.15) is 0 Å². The average molecular weight is 253 g/mol. The van der Waals surface area contributed by atoms with Crippen LogP contribution >= 0.6 is 11.3 Å². The summed E-state index contributed by atoms with van der Waals surface area (Å²) in [7, 11) is 0. The largest absolute Gasteiger partial charge is 0.456 e. The van der Waals surface area contributed by atoms with Crippen LogP contribution in [0.15, 0.2) is 17.5 Å². The molecule has 1 aliphatic rings. The number of thiophene rings is 1. The lowest BCUT2D eigenvalue weighted by Gasteiger charge is -2.23. The van der Waals surface area contributed by atoms with Gasteiger partial charge in [-0.2, -0.15) is 0 Å². The highest BCUT2D eigenvalue weighted by atomic mass is 32.1. The maximum absolute atomic E-state index is 11.9. The van der Waals surface area contributed by atoms with Gasteiger partial charge in [0, 0.05) is 18.3 Å². The van der Waals surface area contributed by atoms with Crippen molar-refractivity contribution in [3.05, 3.63) is 22.4 Å². The van der Waals surface area contributed by atoms with Crippen molar-refractivity contribution in [2.75, 3.05) is 13.2 Å². The molecule has 4 nitrogen and oxygen atoms in total. The van der Waals surface area contributed by atoms with E-state index in [1.807, 2.05) is 22.4 Å². The molecule has 0 N–H and O–H groups in total. The number of carbonyl (C=O) groups excluding carboxylic acids is 2. The van der Waals surface area contributed by atoms with Crippen molar-refractivity contribution in [1.82, 2.24) is 4.90 Å². The Morgan fingerprint density at radius 3 is 3.06 bits per heavy atom. The quantitative estimate of drug-likeness (QED) is 0.774. The van der Waals surface area contributed by atoms with Crippen molar-refractivity contribution >= 4 is 23.2 Å². The smallest absolute Gasteiger partial charge is 0.303 e. The van der Waals surface area contributed by atoms with Crippen molar-refractivity contribution in [2.45, 2.75) is 25.8 Å². The number of likely N-dealkylation sites (tertiary alicyclic amines) is 1. The Kier molecular flexibility index (Phi) is 3.78. The van der Waals surface area contributed by atoms with Crippen LogP contribution in [0.4, 0.5) is 0 Å². The van der Waals surface area contributed by atoms with E-state index in [-0.39, 0.29) is 18.6 Å². The zero-order valence-corrected chi connectivity index (χ0v) is 10.5. The van der Waals surface area contributed by atoms with Gasteiger partial charge in [0.15, 0.2) is 6.61 Å². The monoisotopic (exact) mass is 253 g/mol. The molecule has 0 bridgehead atoms. The van der Waals surface area contributed by atoms with Gasteiger partial charge in [0.25, 0.3) is 5.91 Å². The first-order valence-electron chi connectivity index (χ1n) is 5.64. The zero-order valence-electron chi connectivity index (χ0n) is 9.72. The average Bonchev–Trinajstić information content (AvgIpc) is 2.94. The van der Waals surface area contributed by atoms with Gasteiger partial charge < -0.3 is 9.64 Å². The Morgan fingerprint density at radius 2 is 2.41 bits per heavy atom. The molecule has 2 rings (SSSR count). The van der Waals surface area contributed by atoms with Crippen LogP contribution in [0, 0.1) is 0 Å². The molecule has 17 heavy (non-hydrogen) atoms. The number of ether oxygens (including phenoxy) is 1. The maximum atomic E-state index is 11.9. The van der Waals surface area contributed by atoms with Crippen LogP contribution in [0.3, 0.4) is 0 Å². The number of amides is 1. The SMILES string of the molecule is CC(=O)OCC(=O)N1CCCC1c1cccs1. The van der Waals surface area contributed by atoms with Crippen molar-refractivity contribution in [2.24, 2.45) is 0 Å². The Morgan fingerprint density at radius 1 is 1.59 bits per heavy atom. The van der Waals surface area contributed by atoms with Crippen molar-refractivity contribution in [3.8, 4) is 0 Å². The van der Waals surface area contributed by atoms with Crippen LogP contribution in [-0.2, 0) is 14.3 Å². The lowest BCUT2D eigenvalue weighted by molar-refractivity contribution is -0.150. The summed E-state index contributed by atoms with van der Waals surface area (Å²) in [5.41, 5.74) is 0. The third-order valence-electron chi connectivity index (χ3n) is 2.84. The molecule has 1 atom stereocenters. The minimum atomic E-state index is -0.412. The van der Waals surface area contributed by atoms with Gasteiger partial charge in [0.2, 0.25) is 0 Å². The minimum absolute atomic E-state index is 0.101. The fourth-order valence-corrected chi connectivity index (χ4v) is 2.96. The number of hydrogen-bond donors (Lipinski definition) is 0. The molecule has 1 aromatic rings. The fourth-order valence-electron chi connectivity index (χ4n) is 2.09. The van der Waals surface area contributed by atoms with Gasteiger partial charge >= 0.3 is 5.97 Å². The van der Waals surface area contributed by atoms with E-state index >= 15 is 0 Å². The summed E-state index contributed by atoms with van der Waals surface area (Å²) in [4.78, 5) is 25.6. The number of hydrogen-bond acceptors (Lipinski definition) is 4. The molecule has 0 radical (unpaired) electrons. The molecule has 0 aromatic carbocycles. The highest BCUT2D eigenvalue weighted by Gasteiger charge is 2.30. The number of esters is 1. The Hall–Kier alpha value is -1.36. The van der Waals surface area contributed by atoms with Crippen molar-refractivity contribution in [1.29, 1.82) is 0 Å². The number of nitrogens with zero attached hydrogens (tertiary/aromatic N) is 1.